The van der Waals surface area contributed by atoms with Crippen molar-refractivity contribution >= 4 is 5.82 Å². The Morgan fingerprint density at radius 1 is 1.16 bits per heavy atom. The molecule has 0 saturated heterocycles. The van der Waals surface area contributed by atoms with Crippen molar-refractivity contribution in [2.24, 2.45) is 0 Å². The van der Waals surface area contributed by atoms with Crippen molar-refractivity contribution in [1.82, 2.24) is 4.98 Å². The van der Waals surface area contributed by atoms with Crippen LogP contribution in [-0.4, -0.2) is 15.7 Å². The largest absolute Gasteiger partial charge is 0.389 e. The lowest BCUT2D eigenvalue weighted by Crippen LogP contribution is -2.38. The van der Waals surface area contributed by atoms with Gasteiger partial charge in [0.1, 0.15) is 5.82 Å². The van der Waals surface area contributed by atoms with E-state index < -0.39 is 5.60 Å². The first-order chi connectivity index (χ1) is 9.16. The van der Waals surface area contributed by atoms with Crippen molar-refractivity contribution in [2.75, 3.05) is 5.73 Å². The lowest BCUT2D eigenvalue weighted by molar-refractivity contribution is 0.0268. The minimum Gasteiger partial charge on any atom is -0.389 e. The second-order valence-electron chi connectivity index (χ2n) is 5.39. The summed E-state index contributed by atoms with van der Waals surface area (Å²) in [6.45, 7) is 0. The zero-order valence-corrected chi connectivity index (χ0v) is 10.8. The number of aryl methyl sites for hydroxylation is 1. The standard InChI is InChI=1S/C16H18N2O/c17-15-14(6-3-9-18-15)11-16(19)8-7-12-4-1-2-5-13(12)10-16/h1-6,9,19H,7-8,10-11H2,(H2,17,18). The lowest BCUT2D eigenvalue weighted by atomic mass is 9.77. The summed E-state index contributed by atoms with van der Waals surface area (Å²) in [6.07, 6.45) is 4.64. The summed E-state index contributed by atoms with van der Waals surface area (Å²) >= 11 is 0. The highest BCUT2D eigenvalue weighted by Gasteiger charge is 2.32. The van der Waals surface area contributed by atoms with E-state index >= 15 is 0 Å². The highest BCUT2D eigenvalue weighted by molar-refractivity contribution is 5.40. The van der Waals surface area contributed by atoms with E-state index in [1.165, 1.54) is 11.1 Å². The number of nitrogens with two attached hydrogens (primary N) is 1. The van der Waals surface area contributed by atoms with Crippen LogP contribution >= 0.6 is 0 Å². The summed E-state index contributed by atoms with van der Waals surface area (Å²) in [7, 11) is 0. The molecule has 0 fully saturated rings. The number of pyridine rings is 1. The second kappa shape index (κ2) is 4.67. The first-order valence-electron chi connectivity index (χ1n) is 6.65. The van der Waals surface area contributed by atoms with Gasteiger partial charge in [-0.3, -0.25) is 0 Å². The normalized spacial score (nSPS) is 21.9. The fourth-order valence-electron chi connectivity index (χ4n) is 2.89. The maximum Gasteiger partial charge on any atom is 0.126 e. The van der Waals surface area contributed by atoms with Crippen LogP contribution in [0.2, 0.25) is 0 Å². The Kier molecular flexibility index (Phi) is 2.99. The molecule has 1 aromatic heterocycles. The summed E-state index contributed by atoms with van der Waals surface area (Å²) in [5.74, 6) is 0.523. The van der Waals surface area contributed by atoms with Crippen molar-refractivity contribution in [3.05, 3.63) is 59.3 Å². The molecule has 3 N–H and O–H groups in total. The summed E-state index contributed by atoms with van der Waals surface area (Å²) in [5.41, 5.74) is 8.70. The monoisotopic (exact) mass is 254 g/mol. The molecule has 0 bridgehead atoms. The predicted octanol–water partition coefficient (Wildman–Crippen LogP) is 2.13. The molecule has 3 heteroatoms. The molecule has 1 heterocycles. The highest BCUT2D eigenvalue weighted by atomic mass is 16.3. The number of rotatable bonds is 2. The van der Waals surface area contributed by atoms with Crippen molar-refractivity contribution in [2.45, 2.75) is 31.3 Å². The smallest absolute Gasteiger partial charge is 0.126 e. The molecule has 19 heavy (non-hydrogen) atoms. The minimum absolute atomic E-state index is 0.523. The van der Waals surface area contributed by atoms with Crippen LogP contribution in [0.1, 0.15) is 23.1 Å². The number of nitrogen functional groups attached to an aromatic ring is 1. The van der Waals surface area contributed by atoms with Gasteiger partial charge in [0.2, 0.25) is 0 Å². The number of aromatic nitrogens is 1. The Labute approximate surface area is 113 Å². The molecule has 1 atom stereocenters. The van der Waals surface area contributed by atoms with Crippen LogP contribution in [0.5, 0.6) is 0 Å². The van der Waals surface area contributed by atoms with E-state index in [-0.39, 0.29) is 0 Å². The molecule has 3 nitrogen and oxygen atoms in total. The third kappa shape index (κ3) is 2.47. The molecule has 0 amide bonds. The fourth-order valence-corrected chi connectivity index (χ4v) is 2.89. The third-order valence-electron chi connectivity index (χ3n) is 3.94. The van der Waals surface area contributed by atoms with Crippen LogP contribution in [0.3, 0.4) is 0 Å². The molecule has 0 spiro atoms. The van der Waals surface area contributed by atoms with Crippen LogP contribution in [0.25, 0.3) is 0 Å². The van der Waals surface area contributed by atoms with Crippen LogP contribution in [0, 0.1) is 0 Å². The van der Waals surface area contributed by atoms with Gasteiger partial charge in [-0.25, -0.2) is 4.98 Å². The van der Waals surface area contributed by atoms with Gasteiger partial charge in [-0.1, -0.05) is 30.3 Å². The quantitative estimate of drug-likeness (QED) is 0.863. The first kappa shape index (κ1) is 12.2. The number of aliphatic hydroxyl groups is 1. The van der Waals surface area contributed by atoms with Gasteiger partial charge in [-0.15, -0.1) is 0 Å². The third-order valence-corrected chi connectivity index (χ3v) is 3.94. The number of hydrogen-bond donors (Lipinski definition) is 2. The Morgan fingerprint density at radius 3 is 2.74 bits per heavy atom. The zero-order chi connectivity index (χ0) is 13.3. The second-order valence-corrected chi connectivity index (χ2v) is 5.39. The Morgan fingerprint density at radius 2 is 1.95 bits per heavy atom. The molecule has 0 aliphatic heterocycles. The van der Waals surface area contributed by atoms with E-state index in [0.29, 0.717) is 18.7 Å². The van der Waals surface area contributed by atoms with Crippen molar-refractivity contribution in [3.8, 4) is 0 Å². The topological polar surface area (TPSA) is 59.1 Å². The molecule has 1 aromatic carbocycles. The molecule has 1 unspecified atom stereocenters. The highest BCUT2D eigenvalue weighted by Crippen LogP contribution is 2.32. The van der Waals surface area contributed by atoms with E-state index in [4.69, 9.17) is 5.73 Å². The van der Waals surface area contributed by atoms with Crippen molar-refractivity contribution in [1.29, 1.82) is 0 Å². The molecule has 2 aromatic rings. The van der Waals surface area contributed by atoms with Gasteiger partial charge < -0.3 is 10.8 Å². The maximum atomic E-state index is 10.8. The van der Waals surface area contributed by atoms with Crippen molar-refractivity contribution in [3.63, 3.8) is 0 Å². The van der Waals surface area contributed by atoms with E-state index in [0.717, 1.165) is 18.4 Å². The van der Waals surface area contributed by atoms with Gasteiger partial charge in [-0.05, 0) is 35.6 Å². The SMILES string of the molecule is Nc1ncccc1CC1(O)CCc2ccccc2C1. The number of nitrogens with zero attached hydrogens (tertiary/aromatic N) is 1. The lowest BCUT2D eigenvalue weighted by Gasteiger charge is -2.33. The molecule has 1 aliphatic rings. The summed E-state index contributed by atoms with van der Waals surface area (Å²) < 4.78 is 0. The Hall–Kier alpha value is -1.87. The van der Waals surface area contributed by atoms with Gasteiger partial charge in [0, 0.05) is 19.0 Å². The number of anilines is 1. The molecule has 0 saturated carbocycles. The summed E-state index contributed by atoms with van der Waals surface area (Å²) in [5, 5.41) is 10.8. The number of hydrogen-bond acceptors (Lipinski definition) is 3. The van der Waals surface area contributed by atoms with E-state index in [9.17, 15) is 5.11 Å². The summed E-state index contributed by atoms with van der Waals surface area (Å²) in [4.78, 5) is 4.09. The fraction of sp³-hybridized carbons (Fsp3) is 0.312. The average molecular weight is 254 g/mol. The van der Waals surface area contributed by atoms with Gasteiger partial charge in [-0.2, -0.15) is 0 Å². The summed E-state index contributed by atoms with van der Waals surface area (Å²) in [6, 6.07) is 12.2. The molecule has 98 valence electrons. The van der Waals surface area contributed by atoms with Crippen LogP contribution in [0.4, 0.5) is 5.82 Å². The molecule has 1 aliphatic carbocycles. The molecule has 3 rings (SSSR count). The van der Waals surface area contributed by atoms with Crippen LogP contribution < -0.4 is 5.73 Å². The Bertz CT molecular complexity index is 597. The van der Waals surface area contributed by atoms with E-state index in [2.05, 4.69) is 23.2 Å². The van der Waals surface area contributed by atoms with Gasteiger partial charge in [0.25, 0.3) is 0 Å². The zero-order valence-electron chi connectivity index (χ0n) is 10.8. The maximum absolute atomic E-state index is 10.8. The van der Waals surface area contributed by atoms with Gasteiger partial charge >= 0.3 is 0 Å². The molecular formula is C16H18N2O. The van der Waals surface area contributed by atoms with Crippen LogP contribution in [0.15, 0.2) is 42.6 Å². The molecule has 0 radical (unpaired) electrons. The van der Waals surface area contributed by atoms with Crippen molar-refractivity contribution < 1.29 is 5.11 Å². The number of fused-ring (bicyclic) bond motifs is 1. The predicted molar refractivity (Wildman–Crippen MR) is 75.8 cm³/mol. The number of benzene rings is 1. The van der Waals surface area contributed by atoms with Gasteiger partial charge in [0.15, 0.2) is 0 Å². The Balaban J connectivity index is 1.84. The van der Waals surface area contributed by atoms with E-state index in [1.807, 2.05) is 18.2 Å². The van der Waals surface area contributed by atoms with Crippen LogP contribution in [-0.2, 0) is 19.3 Å². The molecular weight excluding hydrogens is 236 g/mol. The average Bonchev–Trinajstić information content (AvgIpc) is 2.41. The van der Waals surface area contributed by atoms with E-state index in [1.54, 1.807) is 6.20 Å². The minimum atomic E-state index is -0.703. The van der Waals surface area contributed by atoms with Gasteiger partial charge in [0.05, 0.1) is 5.60 Å². The first-order valence-corrected chi connectivity index (χ1v) is 6.65.